The predicted octanol–water partition coefficient (Wildman–Crippen LogP) is 4.34. The molecule has 0 heterocycles. The Morgan fingerprint density at radius 1 is 1.08 bits per heavy atom. The van der Waals surface area contributed by atoms with E-state index in [9.17, 15) is 4.79 Å². The van der Waals surface area contributed by atoms with Crippen molar-refractivity contribution in [3.8, 4) is 5.75 Å². The lowest BCUT2D eigenvalue weighted by molar-refractivity contribution is -0.121. The van der Waals surface area contributed by atoms with Crippen molar-refractivity contribution in [2.45, 2.75) is 69.6 Å². The van der Waals surface area contributed by atoms with Crippen LogP contribution in [0, 0.1) is 0 Å². The van der Waals surface area contributed by atoms with Crippen LogP contribution in [0.2, 0.25) is 0 Å². The van der Waals surface area contributed by atoms with Crippen molar-refractivity contribution in [2.75, 3.05) is 20.2 Å². The third-order valence-corrected chi connectivity index (χ3v) is 5.49. The zero-order chi connectivity index (χ0) is 18.0. The molecule has 1 aliphatic rings. The first-order valence-electron chi connectivity index (χ1n) is 9.81. The summed E-state index contributed by atoms with van der Waals surface area (Å²) < 4.78 is 5.28. The smallest absolute Gasteiger partial charge is 0.220 e. The summed E-state index contributed by atoms with van der Waals surface area (Å²) in [7, 11) is 1.69. The fraction of sp³-hybridized carbons (Fsp3) is 0.667. The van der Waals surface area contributed by atoms with E-state index in [1.807, 2.05) is 12.1 Å². The van der Waals surface area contributed by atoms with Gasteiger partial charge in [-0.3, -0.25) is 4.79 Å². The average molecular weight is 383 g/mol. The average Bonchev–Trinajstić information content (AvgIpc) is 2.67. The summed E-state index contributed by atoms with van der Waals surface area (Å²) in [6, 6.07) is 8.40. The van der Waals surface area contributed by atoms with E-state index >= 15 is 0 Å². The molecule has 0 unspecified atom stereocenters. The zero-order valence-corrected chi connectivity index (χ0v) is 16.9. The zero-order valence-electron chi connectivity index (χ0n) is 16.1. The first kappa shape index (κ1) is 22.8. The Morgan fingerprint density at radius 2 is 1.73 bits per heavy atom. The molecule has 0 spiro atoms. The highest BCUT2D eigenvalue weighted by Crippen LogP contribution is 2.39. The van der Waals surface area contributed by atoms with E-state index in [0.29, 0.717) is 6.42 Å². The first-order valence-corrected chi connectivity index (χ1v) is 9.81. The highest BCUT2D eigenvalue weighted by atomic mass is 35.5. The Labute approximate surface area is 164 Å². The van der Waals surface area contributed by atoms with Gasteiger partial charge in [-0.25, -0.2) is 0 Å². The van der Waals surface area contributed by atoms with Crippen LogP contribution in [0.5, 0.6) is 5.75 Å². The van der Waals surface area contributed by atoms with Gasteiger partial charge in [-0.2, -0.15) is 0 Å². The number of carbonyl (C=O) groups excluding carboxylic acids is 1. The van der Waals surface area contributed by atoms with Crippen molar-refractivity contribution in [3.63, 3.8) is 0 Å². The highest BCUT2D eigenvalue weighted by molar-refractivity contribution is 5.85. The molecule has 1 aliphatic carbocycles. The minimum absolute atomic E-state index is 0. The van der Waals surface area contributed by atoms with Crippen molar-refractivity contribution < 1.29 is 9.53 Å². The van der Waals surface area contributed by atoms with Crippen LogP contribution < -0.4 is 15.8 Å². The Hall–Kier alpha value is -1.26. The Kier molecular flexibility index (Phi) is 10.7. The third kappa shape index (κ3) is 6.81. The fourth-order valence-corrected chi connectivity index (χ4v) is 3.88. The van der Waals surface area contributed by atoms with Gasteiger partial charge in [0.2, 0.25) is 5.91 Å². The van der Waals surface area contributed by atoms with E-state index in [1.165, 1.54) is 24.8 Å². The largest absolute Gasteiger partial charge is 0.497 e. The molecular formula is C21H35ClN2O2. The van der Waals surface area contributed by atoms with E-state index < -0.39 is 0 Å². The molecule has 3 N–H and O–H groups in total. The quantitative estimate of drug-likeness (QED) is 0.591. The highest BCUT2D eigenvalue weighted by Gasteiger charge is 2.34. The molecule has 1 aromatic rings. The molecule has 4 nitrogen and oxygen atoms in total. The Bertz CT molecular complexity index is 513. The van der Waals surface area contributed by atoms with Gasteiger partial charge in [-0.15, -0.1) is 12.4 Å². The SMILES string of the molecule is COc1ccc(C2(CNC(=O)CCCCCCN)CCCCC2)cc1.Cl. The molecule has 5 heteroatoms. The minimum Gasteiger partial charge on any atom is -0.497 e. The molecule has 0 bridgehead atoms. The van der Waals surface area contributed by atoms with Crippen LogP contribution in [-0.2, 0) is 10.2 Å². The van der Waals surface area contributed by atoms with Crippen molar-refractivity contribution in [2.24, 2.45) is 5.73 Å². The summed E-state index contributed by atoms with van der Waals surface area (Å²) in [5.74, 6) is 1.07. The molecule has 1 amide bonds. The molecule has 148 valence electrons. The Balaban J connectivity index is 0.00000338. The number of unbranched alkanes of at least 4 members (excludes halogenated alkanes) is 3. The first-order chi connectivity index (χ1) is 12.2. The van der Waals surface area contributed by atoms with Crippen LogP contribution in [0.25, 0.3) is 0 Å². The number of carbonyl (C=O) groups is 1. The third-order valence-electron chi connectivity index (χ3n) is 5.49. The molecule has 1 fully saturated rings. The number of ether oxygens (including phenoxy) is 1. The van der Waals surface area contributed by atoms with Crippen LogP contribution in [0.3, 0.4) is 0 Å². The maximum Gasteiger partial charge on any atom is 0.220 e. The normalized spacial score (nSPS) is 15.8. The molecule has 0 saturated heterocycles. The van der Waals surface area contributed by atoms with Crippen LogP contribution in [0.4, 0.5) is 0 Å². The second-order valence-corrected chi connectivity index (χ2v) is 7.30. The molecule has 1 saturated carbocycles. The van der Waals surface area contributed by atoms with Crippen molar-refractivity contribution in [1.82, 2.24) is 5.32 Å². The summed E-state index contributed by atoms with van der Waals surface area (Å²) >= 11 is 0. The van der Waals surface area contributed by atoms with Gasteiger partial charge in [0, 0.05) is 18.4 Å². The van der Waals surface area contributed by atoms with E-state index in [-0.39, 0.29) is 23.7 Å². The standard InChI is InChI=1S/C21H34N2O2.ClH/c1-25-19-12-10-18(11-13-19)21(14-6-4-7-15-21)17-23-20(24)9-5-2-3-8-16-22;/h10-13H,2-9,14-17,22H2,1H3,(H,23,24);1H. The number of hydrogen-bond donors (Lipinski definition) is 2. The number of nitrogens with two attached hydrogens (primary N) is 1. The fourth-order valence-electron chi connectivity index (χ4n) is 3.88. The molecular weight excluding hydrogens is 348 g/mol. The molecule has 26 heavy (non-hydrogen) atoms. The summed E-state index contributed by atoms with van der Waals surface area (Å²) in [4.78, 5) is 12.2. The van der Waals surface area contributed by atoms with Crippen LogP contribution in [0.15, 0.2) is 24.3 Å². The van der Waals surface area contributed by atoms with Crippen LogP contribution in [-0.4, -0.2) is 26.1 Å². The van der Waals surface area contributed by atoms with Crippen molar-refractivity contribution >= 4 is 18.3 Å². The second kappa shape index (κ2) is 12.2. The monoisotopic (exact) mass is 382 g/mol. The van der Waals surface area contributed by atoms with E-state index in [4.69, 9.17) is 10.5 Å². The van der Waals surface area contributed by atoms with Crippen LogP contribution in [0.1, 0.15) is 69.8 Å². The lowest BCUT2D eigenvalue weighted by Gasteiger charge is -2.38. The van der Waals surface area contributed by atoms with E-state index in [2.05, 4.69) is 17.4 Å². The number of methoxy groups -OCH3 is 1. The molecule has 0 aliphatic heterocycles. The topological polar surface area (TPSA) is 64.3 Å². The number of rotatable bonds is 10. The summed E-state index contributed by atoms with van der Waals surface area (Å²) in [6.07, 6.45) is 10.9. The molecule has 2 rings (SSSR count). The van der Waals surface area contributed by atoms with Gasteiger partial charge in [0.15, 0.2) is 0 Å². The lowest BCUT2D eigenvalue weighted by atomic mass is 9.69. The maximum atomic E-state index is 12.2. The second-order valence-electron chi connectivity index (χ2n) is 7.30. The number of hydrogen-bond acceptors (Lipinski definition) is 3. The molecule has 0 radical (unpaired) electrons. The summed E-state index contributed by atoms with van der Waals surface area (Å²) in [5, 5.41) is 3.22. The van der Waals surface area contributed by atoms with E-state index in [0.717, 1.165) is 57.4 Å². The Morgan fingerprint density at radius 3 is 2.35 bits per heavy atom. The summed E-state index contributed by atoms with van der Waals surface area (Å²) in [5.41, 5.74) is 6.91. The number of amides is 1. The lowest BCUT2D eigenvalue weighted by Crippen LogP contribution is -2.42. The number of benzene rings is 1. The predicted molar refractivity (Wildman–Crippen MR) is 110 cm³/mol. The molecule has 1 aromatic carbocycles. The van der Waals surface area contributed by atoms with Gasteiger partial charge in [0.05, 0.1) is 7.11 Å². The van der Waals surface area contributed by atoms with Gasteiger partial charge in [-0.1, -0.05) is 44.2 Å². The van der Waals surface area contributed by atoms with Gasteiger partial charge < -0.3 is 15.8 Å². The van der Waals surface area contributed by atoms with Crippen molar-refractivity contribution in [1.29, 1.82) is 0 Å². The van der Waals surface area contributed by atoms with Gasteiger partial charge in [-0.05, 0) is 49.9 Å². The van der Waals surface area contributed by atoms with E-state index in [1.54, 1.807) is 7.11 Å². The number of halogens is 1. The van der Waals surface area contributed by atoms with Crippen molar-refractivity contribution in [3.05, 3.63) is 29.8 Å². The van der Waals surface area contributed by atoms with Gasteiger partial charge in [0.1, 0.15) is 5.75 Å². The van der Waals surface area contributed by atoms with Gasteiger partial charge in [0.25, 0.3) is 0 Å². The van der Waals surface area contributed by atoms with Crippen LogP contribution >= 0.6 is 12.4 Å². The van der Waals surface area contributed by atoms with Gasteiger partial charge >= 0.3 is 0 Å². The molecule has 0 aromatic heterocycles. The minimum atomic E-state index is 0. The maximum absolute atomic E-state index is 12.2. The molecule has 0 atom stereocenters. The number of nitrogens with one attached hydrogen (secondary N) is 1. The summed E-state index contributed by atoms with van der Waals surface area (Å²) in [6.45, 7) is 1.50.